The van der Waals surface area contributed by atoms with E-state index in [0.29, 0.717) is 28.0 Å². The maximum atomic E-state index is 13.6. The molecule has 1 fully saturated rings. The number of amides is 1. The number of nitrogens with zero attached hydrogens (tertiary/aromatic N) is 5. The van der Waals surface area contributed by atoms with Crippen LogP contribution in [-0.2, 0) is 5.60 Å². The van der Waals surface area contributed by atoms with Gasteiger partial charge in [0.25, 0.3) is 5.91 Å². The highest BCUT2D eigenvalue weighted by molar-refractivity contribution is 5.98. The first kappa shape index (κ1) is 20.9. The van der Waals surface area contributed by atoms with Crippen molar-refractivity contribution in [2.45, 2.75) is 56.1 Å². The summed E-state index contributed by atoms with van der Waals surface area (Å²) in [4.78, 5) is 27.8. The second kappa shape index (κ2) is 8.03. The van der Waals surface area contributed by atoms with Crippen molar-refractivity contribution in [3.8, 4) is 16.9 Å². The summed E-state index contributed by atoms with van der Waals surface area (Å²) in [6.45, 7) is -4.33. The van der Waals surface area contributed by atoms with Crippen molar-refractivity contribution in [3.05, 3.63) is 71.6 Å². The standard InChI is InChI=1S/C28H25F2N5O4/c1-27(37)12-28(38,13-27)25-31-10-15(11-32-25)14-6-7-17-18(8-14)35-19-9-20(23(35)33-17)34(2)24(36)16-4-3-5-21(22(16)19)39-26(29)30/h3-8,10-11,19-20,26,37-38H,9,12-13H2,1-2H3/t19-,20-,27-,28+/m1/s1/i2D3. The third-order valence-electron chi connectivity index (χ3n) is 7.90. The van der Waals surface area contributed by atoms with Gasteiger partial charge in [-0.1, -0.05) is 12.1 Å². The number of halogens is 2. The topological polar surface area (TPSA) is 114 Å². The highest BCUT2D eigenvalue weighted by Gasteiger charge is 2.53. The Morgan fingerprint density at radius 2 is 1.90 bits per heavy atom. The molecule has 1 saturated carbocycles. The number of aromatic nitrogens is 4. The predicted octanol–water partition coefficient (Wildman–Crippen LogP) is 3.95. The number of benzene rings is 2. The highest BCUT2D eigenvalue weighted by atomic mass is 19.3. The fourth-order valence-electron chi connectivity index (χ4n) is 6.37. The summed E-state index contributed by atoms with van der Waals surface area (Å²) in [5.41, 5.74) is 0.352. The number of carbonyl (C=O) groups excluding carboxylic acids is 1. The first-order valence-corrected chi connectivity index (χ1v) is 12.5. The van der Waals surface area contributed by atoms with Crippen LogP contribution in [0.3, 0.4) is 0 Å². The number of carbonyl (C=O) groups is 1. The number of hydrogen-bond acceptors (Lipinski definition) is 7. The second-order valence-corrected chi connectivity index (χ2v) is 10.8. The zero-order chi connectivity index (χ0) is 29.8. The van der Waals surface area contributed by atoms with Crippen LogP contribution < -0.4 is 4.74 Å². The number of rotatable bonds is 4. The molecule has 39 heavy (non-hydrogen) atoms. The summed E-state index contributed by atoms with van der Waals surface area (Å²) in [7, 11) is 0. The molecule has 2 aromatic carbocycles. The molecule has 0 radical (unpaired) electrons. The lowest BCUT2D eigenvalue weighted by Gasteiger charge is -2.46. The summed E-state index contributed by atoms with van der Waals surface area (Å²) in [6.07, 6.45) is 3.51. The van der Waals surface area contributed by atoms with Gasteiger partial charge >= 0.3 is 6.61 Å². The minimum Gasteiger partial charge on any atom is -0.434 e. The number of alkyl halides is 2. The van der Waals surface area contributed by atoms with E-state index in [4.69, 9.17) is 13.8 Å². The van der Waals surface area contributed by atoms with Gasteiger partial charge in [-0.15, -0.1) is 0 Å². The van der Waals surface area contributed by atoms with Crippen molar-refractivity contribution in [2.24, 2.45) is 0 Å². The molecule has 11 heteroatoms. The first-order chi connectivity index (χ1) is 19.8. The lowest BCUT2D eigenvalue weighted by molar-refractivity contribution is -0.180. The molecule has 2 aromatic heterocycles. The molecule has 2 N–H and O–H groups in total. The Bertz CT molecular complexity index is 1750. The van der Waals surface area contributed by atoms with Crippen molar-refractivity contribution >= 4 is 16.9 Å². The quantitative estimate of drug-likeness (QED) is 0.406. The molecule has 0 unspecified atom stereocenters. The van der Waals surface area contributed by atoms with Crippen LogP contribution in [0.2, 0.25) is 0 Å². The predicted molar refractivity (Wildman–Crippen MR) is 135 cm³/mol. The zero-order valence-electron chi connectivity index (χ0n) is 23.7. The van der Waals surface area contributed by atoms with E-state index in [0.717, 1.165) is 4.90 Å². The van der Waals surface area contributed by atoms with Crippen LogP contribution >= 0.6 is 0 Å². The number of fused-ring (bicyclic) bond motifs is 9. The summed E-state index contributed by atoms with van der Waals surface area (Å²) in [5.74, 6) is -0.454. The van der Waals surface area contributed by atoms with Crippen molar-refractivity contribution in [1.29, 1.82) is 0 Å². The normalized spacial score (nSPS) is 28.8. The van der Waals surface area contributed by atoms with Crippen molar-refractivity contribution in [1.82, 2.24) is 24.4 Å². The van der Waals surface area contributed by atoms with Crippen LogP contribution in [-0.4, -0.2) is 59.7 Å². The van der Waals surface area contributed by atoms with E-state index >= 15 is 0 Å². The number of imidazole rings is 1. The molecule has 2 bridgehead atoms. The molecule has 0 saturated heterocycles. The summed E-state index contributed by atoms with van der Waals surface area (Å²) >= 11 is 0. The molecular weight excluding hydrogens is 508 g/mol. The average molecular weight is 537 g/mol. The molecule has 1 amide bonds. The lowest BCUT2D eigenvalue weighted by atomic mass is 9.68. The summed E-state index contributed by atoms with van der Waals surface area (Å²) in [6, 6.07) is 7.89. The monoisotopic (exact) mass is 536 g/mol. The molecule has 9 nitrogen and oxygen atoms in total. The van der Waals surface area contributed by atoms with Gasteiger partial charge in [-0.2, -0.15) is 8.78 Å². The molecule has 200 valence electrons. The second-order valence-electron chi connectivity index (χ2n) is 10.8. The van der Waals surface area contributed by atoms with E-state index < -0.39 is 42.8 Å². The van der Waals surface area contributed by atoms with Crippen LogP contribution in [0.25, 0.3) is 22.2 Å². The van der Waals surface area contributed by atoms with Crippen LogP contribution in [0.4, 0.5) is 8.78 Å². The van der Waals surface area contributed by atoms with E-state index in [1.165, 1.54) is 18.2 Å². The third kappa shape index (κ3) is 3.56. The Labute approximate surface area is 225 Å². The van der Waals surface area contributed by atoms with Crippen LogP contribution in [0, 0.1) is 0 Å². The molecular formula is C28H25F2N5O4. The van der Waals surface area contributed by atoms with E-state index in [1.807, 2.05) is 6.07 Å². The Morgan fingerprint density at radius 1 is 1.13 bits per heavy atom. The molecule has 1 aliphatic carbocycles. The number of ether oxygens (including phenoxy) is 1. The molecule has 4 aromatic rings. The Balaban J connectivity index is 1.36. The maximum Gasteiger partial charge on any atom is 0.387 e. The van der Waals surface area contributed by atoms with Crippen LogP contribution in [0.15, 0.2) is 48.8 Å². The molecule has 2 atom stereocenters. The fraction of sp³-hybridized carbons (Fsp3) is 0.357. The zero-order valence-corrected chi connectivity index (χ0v) is 20.7. The van der Waals surface area contributed by atoms with Gasteiger partial charge in [0, 0.05) is 59.4 Å². The largest absolute Gasteiger partial charge is 0.434 e. The number of aliphatic hydroxyl groups is 2. The van der Waals surface area contributed by atoms with Gasteiger partial charge in [0.1, 0.15) is 17.2 Å². The minimum absolute atomic E-state index is 0.0164. The van der Waals surface area contributed by atoms with E-state index in [2.05, 4.69) is 9.97 Å². The first-order valence-electron chi connectivity index (χ1n) is 14.0. The Morgan fingerprint density at radius 3 is 2.59 bits per heavy atom. The molecule has 4 heterocycles. The molecule has 3 aliphatic rings. The van der Waals surface area contributed by atoms with Crippen molar-refractivity contribution in [3.63, 3.8) is 0 Å². The van der Waals surface area contributed by atoms with E-state index in [-0.39, 0.29) is 42.0 Å². The van der Waals surface area contributed by atoms with Crippen LogP contribution in [0.1, 0.15) is 70.0 Å². The molecule has 7 rings (SSSR count). The van der Waals surface area contributed by atoms with E-state index in [1.54, 1.807) is 36.0 Å². The van der Waals surface area contributed by atoms with Gasteiger partial charge < -0.3 is 24.4 Å². The van der Waals surface area contributed by atoms with Crippen molar-refractivity contribution in [2.75, 3.05) is 6.98 Å². The SMILES string of the molecule is [2H]C([2H])([2H])N1C(=O)c2cccc(OC(F)F)c2[C@H]2C[C@@H]1c1nc3ccc(-c4cnc([C@]5(O)C[C@@](C)(O)C5)nc4)cc3n12. The van der Waals surface area contributed by atoms with Crippen molar-refractivity contribution < 1.29 is 32.6 Å². The molecule has 2 aliphatic heterocycles. The van der Waals surface area contributed by atoms with Gasteiger partial charge in [-0.3, -0.25) is 4.79 Å². The lowest BCUT2D eigenvalue weighted by Crippen LogP contribution is -2.53. The van der Waals surface area contributed by atoms with Gasteiger partial charge in [-0.25, -0.2) is 15.0 Å². The maximum absolute atomic E-state index is 13.6. The van der Waals surface area contributed by atoms with Gasteiger partial charge in [0.05, 0.1) is 28.7 Å². The highest BCUT2D eigenvalue weighted by Crippen LogP contribution is 2.50. The average Bonchev–Trinajstić information content (AvgIpc) is 3.39. The fourth-order valence-corrected chi connectivity index (χ4v) is 6.37. The smallest absolute Gasteiger partial charge is 0.387 e. The third-order valence-corrected chi connectivity index (χ3v) is 7.90. The summed E-state index contributed by atoms with van der Waals surface area (Å²) in [5, 5.41) is 20.8. The van der Waals surface area contributed by atoms with Gasteiger partial charge in [-0.05, 0) is 36.8 Å². The summed E-state index contributed by atoms with van der Waals surface area (Å²) < 4.78 is 57.9. The Kier molecular flexibility index (Phi) is 4.31. The Hall–Kier alpha value is -3.96. The molecule has 0 spiro atoms. The van der Waals surface area contributed by atoms with E-state index in [9.17, 15) is 23.8 Å². The minimum atomic E-state index is -3.15. The van der Waals surface area contributed by atoms with Gasteiger partial charge in [0.15, 0.2) is 5.82 Å². The van der Waals surface area contributed by atoms with Crippen LogP contribution in [0.5, 0.6) is 5.75 Å². The van der Waals surface area contributed by atoms with Gasteiger partial charge in [0.2, 0.25) is 0 Å². The number of hydrogen-bond donors (Lipinski definition) is 2.